The van der Waals surface area contributed by atoms with Crippen LogP contribution in [0, 0.1) is 5.92 Å². The Balaban J connectivity index is 1.48. The van der Waals surface area contributed by atoms with E-state index in [9.17, 15) is 14.7 Å². The summed E-state index contributed by atoms with van der Waals surface area (Å²) in [6.45, 7) is 1.66. The molecule has 0 aromatic heterocycles. The third kappa shape index (κ3) is 4.38. The number of hydrogen-bond acceptors (Lipinski definition) is 3. The van der Waals surface area contributed by atoms with Gasteiger partial charge < -0.3 is 15.3 Å². The Morgan fingerprint density at radius 1 is 1.00 bits per heavy atom. The lowest BCUT2D eigenvalue weighted by atomic mass is 9.89. The molecule has 1 heterocycles. The van der Waals surface area contributed by atoms with E-state index < -0.39 is 0 Å². The van der Waals surface area contributed by atoms with Crippen LogP contribution in [0.25, 0.3) is 0 Å². The number of carbonyl (C=O) groups excluding carboxylic acids is 2. The number of hydrogen-bond donors (Lipinski definition) is 2. The van der Waals surface area contributed by atoms with Crippen molar-refractivity contribution in [3.05, 3.63) is 65.7 Å². The Labute approximate surface area is 147 Å². The zero-order valence-electron chi connectivity index (χ0n) is 14.0. The third-order valence-corrected chi connectivity index (χ3v) is 4.59. The molecule has 1 aliphatic rings. The fourth-order valence-corrected chi connectivity index (χ4v) is 3.09. The van der Waals surface area contributed by atoms with Crippen molar-refractivity contribution in [2.24, 2.45) is 5.92 Å². The van der Waals surface area contributed by atoms with Crippen LogP contribution >= 0.6 is 0 Å². The van der Waals surface area contributed by atoms with E-state index in [2.05, 4.69) is 5.32 Å². The van der Waals surface area contributed by atoms with E-state index in [-0.39, 0.29) is 23.5 Å². The molecule has 5 heteroatoms. The maximum absolute atomic E-state index is 12.5. The topological polar surface area (TPSA) is 69.6 Å². The lowest BCUT2D eigenvalue weighted by molar-refractivity contribution is 0.0854. The number of Topliss-reactive ketones (excluding diaryl/α,β-unsaturated/α-hetero) is 1. The molecular weight excluding hydrogens is 316 g/mol. The van der Waals surface area contributed by atoms with Gasteiger partial charge in [0.2, 0.25) is 0 Å². The average Bonchev–Trinajstić information content (AvgIpc) is 2.67. The highest BCUT2D eigenvalue weighted by Gasteiger charge is 2.27. The molecule has 2 N–H and O–H groups in total. The summed E-state index contributed by atoms with van der Waals surface area (Å²) in [6.07, 6.45) is 1.33. The number of aromatic hydroxyl groups is 1. The highest BCUT2D eigenvalue weighted by molar-refractivity contribution is 5.98. The number of nitrogens with one attached hydrogen (secondary N) is 1. The third-order valence-electron chi connectivity index (χ3n) is 4.59. The van der Waals surface area contributed by atoms with E-state index >= 15 is 0 Å². The van der Waals surface area contributed by atoms with Crippen molar-refractivity contribution in [2.75, 3.05) is 13.1 Å². The molecule has 25 heavy (non-hydrogen) atoms. The van der Waals surface area contributed by atoms with E-state index in [0.717, 1.165) is 5.56 Å². The number of amides is 2. The highest BCUT2D eigenvalue weighted by Crippen LogP contribution is 2.23. The first kappa shape index (κ1) is 17.0. The molecule has 0 radical (unpaired) electrons. The average molecular weight is 338 g/mol. The minimum Gasteiger partial charge on any atom is -0.508 e. The van der Waals surface area contributed by atoms with Crippen molar-refractivity contribution < 1.29 is 14.7 Å². The van der Waals surface area contributed by atoms with Crippen molar-refractivity contribution in [1.82, 2.24) is 10.2 Å². The van der Waals surface area contributed by atoms with Crippen molar-refractivity contribution in [1.29, 1.82) is 0 Å². The van der Waals surface area contributed by atoms with Gasteiger partial charge in [0.15, 0.2) is 5.78 Å². The van der Waals surface area contributed by atoms with Crippen LogP contribution in [-0.2, 0) is 6.54 Å². The van der Waals surface area contributed by atoms with Crippen LogP contribution < -0.4 is 5.32 Å². The van der Waals surface area contributed by atoms with Gasteiger partial charge in [-0.1, -0.05) is 30.3 Å². The van der Waals surface area contributed by atoms with E-state index in [0.29, 0.717) is 38.0 Å². The number of ketones is 1. The monoisotopic (exact) mass is 338 g/mol. The molecule has 0 aliphatic carbocycles. The molecule has 0 spiro atoms. The number of phenols is 1. The minimum absolute atomic E-state index is 0.0669. The molecule has 0 unspecified atom stereocenters. The van der Waals surface area contributed by atoms with Crippen molar-refractivity contribution in [2.45, 2.75) is 19.4 Å². The maximum atomic E-state index is 12.5. The van der Waals surface area contributed by atoms with Gasteiger partial charge in [-0.3, -0.25) is 4.79 Å². The number of likely N-dealkylation sites (tertiary alicyclic amines) is 1. The first-order valence-electron chi connectivity index (χ1n) is 8.53. The number of carbonyl (C=O) groups is 2. The summed E-state index contributed by atoms with van der Waals surface area (Å²) in [4.78, 5) is 26.5. The van der Waals surface area contributed by atoms with Crippen LogP contribution in [0.2, 0.25) is 0 Å². The molecule has 2 aromatic rings. The minimum atomic E-state index is -0.0839. The second-order valence-electron chi connectivity index (χ2n) is 6.32. The molecule has 0 saturated carbocycles. The van der Waals surface area contributed by atoms with Gasteiger partial charge in [-0.25, -0.2) is 4.79 Å². The van der Waals surface area contributed by atoms with Crippen LogP contribution in [0.3, 0.4) is 0 Å². The molecule has 1 saturated heterocycles. The van der Waals surface area contributed by atoms with Gasteiger partial charge in [-0.15, -0.1) is 0 Å². The molecule has 0 bridgehead atoms. The Morgan fingerprint density at radius 2 is 1.64 bits per heavy atom. The highest BCUT2D eigenvalue weighted by atomic mass is 16.3. The SMILES string of the molecule is O=C(c1ccc(O)cc1)C1CCN(C(=O)NCc2ccccc2)CC1. The fourth-order valence-electron chi connectivity index (χ4n) is 3.09. The smallest absolute Gasteiger partial charge is 0.317 e. The summed E-state index contributed by atoms with van der Waals surface area (Å²) >= 11 is 0. The molecule has 1 aliphatic heterocycles. The van der Waals surface area contributed by atoms with Gasteiger partial charge in [0.05, 0.1) is 0 Å². The van der Waals surface area contributed by atoms with Crippen LogP contribution in [0.5, 0.6) is 5.75 Å². The van der Waals surface area contributed by atoms with Gasteiger partial charge >= 0.3 is 6.03 Å². The predicted molar refractivity (Wildman–Crippen MR) is 95.4 cm³/mol. The first-order valence-corrected chi connectivity index (χ1v) is 8.53. The van der Waals surface area contributed by atoms with E-state index in [1.165, 1.54) is 12.1 Å². The number of phenolic OH excluding ortho intramolecular Hbond substituents is 1. The zero-order chi connectivity index (χ0) is 17.6. The van der Waals surface area contributed by atoms with Crippen molar-refractivity contribution in [3.8, 4) is 5.75 Å². The lowest BCUT2D eigenvalue weighted by Gasteiger charge is -2.31. The largest absolute Gasteiger partial charge is 0.508 e. The molecule has 2 aromatic carbocycles. The molecule has 1 fully saturated rings. The zero-order valence-corrected chi connectivity index (χ0v) is 14.0. The van der Waals surface area contributed by atoms with Crippen LogP contribution in [0.15, 0.2) is 54.6 Å². The number of nitrogens with zero attached hydrogens (tertiary/aromatic N) is 1. The van der Waals surface area contributed by atoms with E-state index in [1.54, 1.807) is 17.0 Å². The number of rotatable bonds is 4. The van der Waals surface area contributed by atoms with Crippen LogP contribution in [0.1, 0.15) is 28.8 Å². The van der Waals surface area contributed by atoms with Gasteiger partial charge in [0, 0.05) is 31.1 Å². The van der Waals surface area contributed by atoms with E-state index in [1.807, 2.05) is 30.3 Å². The van der Waals surface area contributed by atoms with Gasteiger partial charge in [-0.05, 0) is 42.7 Å². The molecular formula is C20H22N2O3. The van der Waals surface area contributed by atoms with Gasteiger partial charge in [0.1, 0.15) is 5.75 Å². The van der Waals surface area contributed by atoms with Crippen LogP contribution in [0.4, 0.5) is 4.79 Å². The quantitative estimate of drug-likeness (QED) is 0.841. The standard InChI is InChI=1S/C20H22N2O3/c23-18-8-6-16(7-9-18)19(24)17-10-12-22(13-11-17)20(25)21-14-15-4-2-1-3-5-15/h1-9,17,23H,10-14H2,(H,21,25). The summed E-state index contributed by atoms with van der Waals surface area (Å²) in [7, 11) is 0. The molecule has 3 rings (SSSR count). The number of piperidine rings is 1. The first-order chi connectivity index (χ1) is 12.1. The molecule has 5 nitrogen and oxygen atoms in total. The summed E-state index contributed by atoms with van der Waals surface area (Å²) in [5, 5.41) is 12.2. The Bertz CT molecular complexity index is 720. The predicted octanol–water partition coefficient (Wildman–Crippen LogP) is 3.20. The Hall–Kier alpha value is -2.82. The van der Waals surface area contributed by atoms with Crippen molar-refractivity contribution >= 4 is 11.8 Å². The van der Waals surface area contributed by atoms with Gasteiger partial charge in [0.25, 0.3) is 0 Å². The molecule has 0 atom stereocenters. The second kappa shape index (κ2) is 7.83. The Morgan fingerprint density at radius 3 is 2.28 bits per heavy atom. The van der Waals surface area contributed by atoms with Crippen molar-refractivity contribution in [3.63, 3.8) is 0 Å². The molecule has 130 valence electrons. The summed E-state index contributed by atoms with van der Waals surface area (Å²) in [5.74, 6) is 0.175. The normalized spacial score (nSPS) is 15.0. The summed E-state index contributed by atoms with van der Waals surface area (Å²) in [5.41, 5.74) is 1.68. The number of urea groups is 1. The number of benzene rings is 2. The van der Waals surface area contributed by atoms with Gasteiger partial charge in [-0.2, -0.15) is 0 Å². The maximum Gasteiger partial charge on any atom is 0.317 e. The van der Waals surface area contributed by atoms with E-state index in [4.69, 9.17) is 0 Å². The second-order valence-corrected chi connectivity index (χ2v) is 6.32. The summed E-state index contributed by atoms with van der Waals surface area (Å²) in [6, 6.07) is 16.1. The summed E-state index contributed by atoms with van der Waals surface area (Å²) < 4.78 is 0. The fraction of sp³-hybridized carbons (Fsp3) is 0.300. The van der Waals surface area contributed by atoms with Crippen LogP contribution in [-0.4, -0.2) is 34.9 Å². The lowest BCUT2D eigenvalue weighted by Crippen LogP contribution is -2.45. The Kier molecular flexibility index (Phi) is 5.33. The molecule has 2 amide bonds.